The van der Waals surface area contributed by atoms with E-state index in [2.05, 4.69) is 0 Å². The lowest BCUT2D eigenvalue weighted by molar-refractivity contribution is -0.114. The third-order valence-electron chi connectivity index (χ3n) is 3.28. The van der Waals surface area contributed by atoms with Crippen molar-refractivity contribution >= 4 is 44.5 Å². The molecule has 0 saturated carbocycles. The monoisotopic (exact) mass is 414 g/mol. The maximum absolute atomic E-state index is 13.2. The summed E-state index contributed by atoms with van der Waals surface area (Å²) in [5, 5.41) is -1.33. The summed E-state index contributed by atoms with van der Waals surface area (Å²) in [6, 6.07) is 10.2. The molecule has 0 bridgehead atoms. The zero-order chi connectivity index (χ0) is 19.3. The summed E-state index contributed by atoms with van der Waals surface area (Å²) < 4.78 is 23.9. The fourth-order valence-electron chi connectivity index (χ4n) is 2.15. The van der Waals surface area contributed by atoms with Gasteiger partial charge in [0, 0.05) is 0 Å². The zero-order valence-corrected chi connectivity index (χ0v) is 16.4. The van der Waals surface area contributed by atoms with Crippen LogP contribution in [0.3, 0.4) is 0 Å². The minimum absolute atomic E-state index is 0.281. The smallest absolute Gasteiger partial charge is 0.259 e. The van der Waals surface area contributed by atoms with E-state index in [4.69, 9.17) is 32.7 Å². The molecule has 0 aromatic heterocycles. The molecule has 8 heteroatoms. The standard InChI is InChI=1S/C18H16Cl2O5S/c1-11-3-5-13(24-9-17(19)21)15(7-11)26(23)16-8-12(2)4-6-14(16)25-10-18(20)22/h3-8H,9-10H2,1-2H3. The largest absolute Gasteiger partial charge is 0.483 e. The average Bonchev–Trinajstić information content (AvgIpc) is 2.58. The van der Waals surface area contributed by atoms with Gasteiger partial charge in [-0.05, 0) is 72.4 Å². The highest BCUT2D eigenvalue weighted by molar-refractivity contribution is 7.85. The van der Waals surface area contributed by atoms with Gasteiger partial charge in [-0.15, -0.1) is 0 Å². The molecule has 0 amide bonds. The van der Waals surface area contributed by atoms with Crippen molar-refractivity contribution in [3.05, 3.63) is 47.5 Å². The van der Waals surface area contributed by atoms with E-state index in [9.17, 15) is 13.8 Å². The van der Waals surface area contributed by atoms with Crippen LogP contribution in [0.1, 0.15) is 11.1 Å². The number of hydrogen-bond donors (Lipinski definition) is 0. The van der Waals surface area contributed by atoms with Crippen molar-refractivity contribution in [2.45, 2.75) is 23.6 Å². The van der Waals surface area contributed by atoms with Gasteiger partial charge in [0.1, 0.15) is 11.5 Å². The van der Waals surface area contributed by atoms with E-state index in [0.29, 0.717) is 9.79 Å². The van der Waals surface area contributed by atoms with Gasteiger partial charge >= 0.3 is 0 Å². The van der Waals surface area contributed by atoms with E-state index in [1.54, 1.807) is 36.4 Å². The number of carbonyl (C=O) groups excluding carboxylic acids is 2. The summed E-state index contributed by atoms with van der Waals surface area (Å²) in [7, 11) is -1.68. The van der Waals surface area contributed by atoms with Crippen LogP contribution in [0.15, 0.2) is 46.2 Å². The second-order valence-corrected chi connectivity index (χ2v) is 7.72. The van der Waals surface area contributed by atoms with Crippen LogP contribution in [0.5, 0.6) is 11.5 Å². The lowest BCUT2D eigenvalue weighted by Crippen LogP contribution is -2.09. The number of benzene rings is 2. The van der Waals surface area contributed by atoms with Crippen molar-refractivity contribution in [3.63, 3.8) is 0 Å². The molecular formula is C18H16Cl2O5S. The fraction of sp³-hybridized carbons (Fsp3) is 0.222. The highest BCUT2D eigenvalue weighted by Crippen LogP contribution is 2.33. The van der Waals surface area contributed by atoms with Crippen LogP contribution in [0.2, 0.25) is 0 Å². The molecule has 0 aliphatic rings. The summed E-state index contributed by atoms with van der Waals surface area (Å²) in [6.45, 7) is 3.01. The number of rotatable bonds is 8. The Morgan fingerprint density at radius 2 is 1.23 bits per heavy atom. The summed E-state index contributed by atoms with van der Waals surface area (Å²) in [6.07, 6.45) is 0. The van der Waals surface area contributed by atoms with Crippen molar-refractivity contribution in [2.24, 2.45) is 0 Å². The molecule has 0 radical (unpaired) electrons. The van der Waals surface area contributed by atoms with Gasteiger partial charge in [0.25, 0.3) is 10.5 Å². The third kappa shape index (κ3) is 5.56. The second kappa shape index (κ2) is 9.16. The quantitative estimate of drug-likeness (QED) is 0.614. The Bertz CT molecular complexity index is 797. The van der Waals surface area contributed by atoms with Crippen molar-refractivity contribution in [3.8, 4) is 11.5 Å². The lowest BCUT2D eigenvalue weighted by Gasteiger charge is -2.14. The minimum atomic E-state index is -1.68. The molecule has 0 saturated heterocycles. The van der Waals surface area contributed by atoms with E-state index in [0.717, 1.165) is 11.1 Å². The van der Waals surface area contributed by atoms with Gasteiger partial charge < -0.3 is 9.47 Å². The van der Waals surface area contributed by atoms with E-state index in [1.807, 2.05) is 13.8 Å². The Kier molecular flexibility index (Phi) is 7.20. The number of halogens is 2. The molecule has 0 aliphatic heterocycles. The van der Waals surface area contributed by atoms with Crippen molar-refractivity contribution < 1.29 is 23.3 Å². The molecule has 0 unspecified atom stereocenters. The van der Waals surface area contributed by atoms with E-state index >= 15 is 0 Å². The number of carbonyl (C=O) groups is 2. The van der Waals surface area contributed by atoms with Crippen LogP contribution in [-0.4, -0.2) is 27.9 Å². The highest BCUT2D eigenvalue weighted by Gasteiger charge is 2.19. The molecule has 2 aromatic carbocycles. The number of hydrogen-bond acceptors (Lipinski definition) is 5. The predicted octanol–water partition coefficient (Wildman–Crippen LogP) is 3.76. The van der Waals surface area contributed by atoms with Crippen LogP contribution in [0, 0.1) is 13.8 Å². The van der Waals surface area contributed by atoms with Crippen LogP contribution in [0.25, 0.3) is 0 Å². The van der Waals surface area contributed by atoms with Crippen molar-refractivity contribution in [1.82, 2.24) is 0 Å². The number of ether oxygens (including phenoxy) is 2. The molecule has 5 nitrogen and oxygen atoms in total. The SMILES string of the molecule is Cc1ccc(OCC(=O)Cl)c(S(=O)c2cc(C)ccc2OCC(=O)Cl)c1. The maximum Gasteiger partial charge on any atom is 0.259 e. The molecule has 26 heavy (non-hydrogen) atoms. The average molecular weight is 415 g/mol. The zero-order valence-electron chi connectivity index (χ0n) is 14.1. The Balaban J connectivity index is 2.45. The van der Waals surface area contributed by atoms with E-state index in [-0.39, 0.29) is 24.7 Å². The van der Waals surface area contributed by atoms with E-state index in [1.165, 1.54) is 0 Å². The summed E-state index contributed by atoms with van der Waals surface area (Å²) >= 11 is 10.6. The van der Waals surface area contributed by atoms with Gasteiger partial charge in [0.05, 0.1) is 20.6 Å². The fourth-order valence-corrected chi connectivity index (χ4v) is 3.70. The first-order valence-corrected chi connectivity index (χ1v) is 9.44. The first-order chi connectivity index (χ1) is 12.3. The van der Waals surface area contributed by atoms with Gasteiger partial charge in [-0.1, -0.05) is 12.1 Å². The molecule has 0 fully saturated rings. The summed E-state index contributed by atoms with van der Waals surface area (Å²) in [4.78, 5) is 22.7. The van der Waals surface area contributed by atoms with Crippen LogP contribution >= 0.6 is 23.2 Å². The van der Waals surface area contributed by atoms with Crippen LogP contribution in [-0.2, 0) is 20.4 Å². The first kappa shape index (κ1) is 20.4. The Hall–Kier alpha value is -1.89. The highest BCUT2D eigenvalue weighted by atomic mass is 35.5. The normalized spacial score (nSPS) is 10.7. The predicted molar refractivity (Wildman–Crippen MR) is 99.7 cm³/mol. The molecule has 0 heterocycles. The molecule has 2 aromatic rings. The molecule has 2 rings (SSSR count). The van der Waals surface area contributed by atoms with Crippen molar-refractivity contribution in [2.75, 3.05) is 13.2 Å². The van der Waals surface area contributed by atoms with Gasteiger partial charge in [0.2, 0.25) is 0 Å². The third-order valence-corrected chi connectivity index (χ3v) is 4.94. The van der Waals surface area contributed by atoms with Crippen molar-refractivity contribution in [1.29, 1.82) is 0 Å². The molecular weight excluding hydrogens is 399 g/mol. The lowest BCUT2D eigenvalue weighted by atomic mass is 10.2. The topological polar surface area (TPSA) is 69.7 Å². The Labute approximate surface area is 163 Å². The Morgan fingerprint density at radius 3 is 1.58 bits per heavy atom. The van der Waals surface area contributed by atoms with Crippen LogP contribution < -0.4 is 9.47 Å². The molecule has 0 N–H and O–H groups in total. The van der Waals surface area contributed by atoms with Gasteiger partial charge in [0.15, 0.2) is 13.2 Å². The molecule has 0 aliphatic carbocycles. The van der Waals surface area contributed by atoms with Crippen LogP contribution in [0.4, 0.5) is 0 Å². The number of aryl methyl sites for hydroxylation is 2. The van der Waals surface area contributed by atoms with Gasteiger partial charge in [-0.3, -0.25) is 9.59 Å². The Morgan fingerprint density at radius 1 is 0.846 bits per heavy atom. The minimum Gasteiger partial charge on any atom is -0.483 e. The molecule has 0 atom stereocenters. The second-order valence-electron chi connectivity index (χ2n) is 5.46. The summed E-state index contributed by atoms with van der Waals surface area (Å²) in [5.74, 6) is 0.563. The van der Waals surface area contributed by atoms with E-state index < -0.39 is 21.3 Å². The summed E-state index contributed by atoms with van der Waals surface area (Å²) in [5.41, 5.74) is 1.73. The van der Waals surface area contributed by atoms with Gasteiger partial charge in [-0.2, -0.15) is 0 Å². The van der Waals surface area contributed by atoms with Gasteiger partial charge in [-0.25, -0.2) is 4.21 Å². The first-order valence-electron chi connectivity index (χ1n) is 7.53. The maximum atomic E-state index is 13.2. The molecule has 0 spiro atoms. The molecule has 138 valence electrons.